The van der Waals surface area contributed by atoms with Crippen LogP contribution in [0, 0.1) is 17.9 Å². The molecular formula is C35H22N6O2. The number of hydrogen-bond donors (Lipinski definition) is 0. The van der Waals surface area contributed by atoms with Crippen LogP contribution >= 0.6 is 0 Å². The van der Waals surface area contributed by atoms with E-state index in [1.54, 1.807) is 21.8 Å². The first-order valence-corrected chi connectivity index (χ1v) is 13.8. The van der Waals surface area contributed by atoms with Crippen LogP contribution in [0.15, 0.2) is 106 Å². The molecule has 0 aliphatic heterocycles. The van der Waals surface area contributed by atoms with Gasteiger partial charge >= 0.3 is 0 Å². The molecular weight excluding hydrogens is 536 g/mol. The molecule has 43 heavy (non-hydrogen) atoms. The highest BCUT2D eigenvalue weighted by molar-refractivity contribution is 6.06. The summed E-state index contributed by atoms with van der Waals surface area (Å²) < 4.78 is 15.4. The molecule has 0 N–H and O–H groups in total. The van der Waals surface area contributed by atoms with Crippen molar-refractivity contribution in [3.8, 4) is 17.4 Å². The van der Waals surface area contributed by atoms with Gasteiger partial charge in [0.25, 0.3) is 0 Å². The summed E-state index contributed by atoms with van der Waals surface area (Å²) >= 11 is 0. The van der Waals surface area contributed by atoms with Gasteiger partial charge in [0.1, 0.15) is 28.4 Å². The first-order chi connectivity index (χ1) is 20.9. The molecule has 4 aromatic carbocycles. The Kier molecular flexibility index (Phi) is 5.13. The first-order valence-electron chi connectivity index (χ1n) is 13.8. The van der Waals surface area contributed by atoms with Gasteiger partial charge < -0.3 is 8.83 Å². The molecule has 0 aliphatic rings. The number of benzene rings is 4. The summed E-state index contributed by atoms with van der Waals surface area (Å²) in [5, 5.41) is 23.9. The Morgan fingerprint density at radius 1 is 0.698 bits per heavy atom. The number of furan rings is 2. The lowest BCUT2D eigenvalue weighted by atomic mass is 9.83. The number of hydrogen-bond acceptors (Lipinski definition) is 5. The van der Waals surface area contributed by atoms with Crippen molar-refractivity contribution in [1.82, 2.24) is 19.6 Å². The first kappa shape index (κ1) is 24.7. The lowest BCUT2D eigenvalue weighted by Crippen LogP contribution is -2.22. The van der Waals surface area contributed by atoms with Crippen molar-refractivity contribution in [2.75, 3.05) is 0 Å². The Hall–Kier alpha value is -6.12. The maximum Gasteiger partial charge on any atom is 0.228 e. The van der Waals surface area contributed by atoms with E-state index in [0.717, 1.165) is 55.3 Å². The maximum absolute atomic E-state index is 10.1. The van der Waals surface area contributed by atoms with Crippen LogP contribution in [-0.2, 0) is 5.41 Å². The predicted molar refractivity (Wildman–Crippen MR) is 165 cm³/mol. The fraction of sp³-hybridized carbons (Fsp3) is 0.0857. The molecule has 8 aromatic rings. The molecule has 204 valence electrons. The quantitative estimate of drug-likeness (QED) is 0.202. The van der Waals surface area contributed by atoms with E-state index in [0.29, 0.717) is 22.6 Å². The van der Waals surface area contributed by atoms with Gasteiger partial charge in [-0.15, -0.1) is 0 Å². The molecule has 0 bridgehead atoms. The van der Waals surface area contributed by atoms with Crippen LogP contribution in [0.2, 0.25) is 0 Å². The molecule has 8 rings (SSSR count). The molecule has 8 nitrogen and oxygen atoms in total. The third kappa shape index (κ3) is 3.67. The van der Waals surface area contributed by atoms with Crippen LogP contribution in [-0.4, -0.2) is 19.6 Å². The van der Waals surface area contributed by atoms with Crippen molar-refractivity contribution in [2.24, 2.45) is 0 Å². The number of fused-ring (bicyclic) bond motifs is 6. The van der Waals surface area contributed by atoms with E-state index >= 15 is 0 Å². The van der Waals surface area contributed by atoms with Crippen molar-refractivity contribution >= 4 is 49.6 Å². The number of rotatable bonds is 4. The Bertz CT molecular complexity index is 2300. The van der Waals surface area contributed by atoms with Crippen molar-refractivity contribution in [3.05, 3.63) is 126 Å². The van der Waals surface area contributed by atoms with E-state index < -0.39 is 5.41 Å². The van der Waals surface area contributed by atoms with Crippen molar-refractivity contribution in [2.45, 2.75) is 19.3 Å². The standard InChI is InChI=1S/C35H22N6O2/c1-35(2,33-21(18-36)19-40(38-33)22-12-14-31-26(16-22)24-8-4-6-10-29(24)42-31)34-28(37-3)20-41(39-34)23-13-15-32-27(17-23)25-9-5-7-11-30(25)43-32/h4-17,19-20H,1-2H3. The van der Waals surface area contributed by atoms with E-state index in [2.05, 4.69) is 10.9 Å². The van der Waals surface area contributed by atoms with Crippen LogP contribution < -0.4 is 0 Å². The second kappa shape index (κ2) is 8.94. The monoisotopic (exact) mass is 558 g/mol. The average molecular weight is 559 g/mol. The van der Waals surface area contributed by atoms with Gasteiger partial charge in [0.05, 0.1) is 34.9 Å². The zero-order chi connectivity index (χ0) is 29.3. The molecule has 0 saturated heterocycles. The molecule has 0 unspecified atom stereocenters. The molecule has 8 heteroatoms. The SMILES string of the molecule is [C-]#[N+]c1cn(-c2ccc3oc4ccccc4c3c2)nc1C(C)(C)c1nn(-c2ccc3oc4ccccc4c3c2)cc1C#N. The summed E-state index contributed by atoms with van der Waals surface area (Å²) in [4.78, 5) is 3.81. The van der Waals surface area contributed by atoms with Crippen LogP contribution in [0.4, 0.5) is 5.69 Å². The number of nitrogens with zero attached hydrogens (tertiary/aromatic N) is 6. The van der Waals surface area contributed by atoms with Crippen molar-refractivity contribution < 1.29 is 8.83 Å². The lowest BCUT2D eigenvalue weighted by Gasteiger charge is -2.21. The maximum atomic E-state index is 10.1. The van der Waals surface area contributed by atoms with E-state index in [-0.39, 0.29) is 0 Å². The summed E-state index contributed by atoms with van der Waals surface area (Å²) in [6, 6.07) is 29.8. The van der Waals surface area contributed by atoms with Gasteiger partial charge in [-0.3, -0.25) is 4.68 Å². The molecule has 4 aromatic heterocycles. The van der Waals surface area contributed by atoms with E-state index in [4.69, 9.17) is 25.6 Å². The van der Waals surface area contributed by atoms with Crippen molar-refractivity contribution in [1.29, 1.82) is 5.26 Å². The number of para-hydroxylation sites is 2. The van der Waals surface area contributed by atoms with Crippen LogP contribution in [0.3, 0.4) is 0 Å². The highest BCUT2D eigenvalue weighted by Crippen LogP contribution is 2.39. The molecule has 0 amide bonds. The fourth-order valence-electron chi connectivity index (χ4n) is 5.90. The van der Waals surface area contributed by atoms with Gasteiger partial charge in [-0.2, -0.15) is 15.5 Å². The van der Waals surface area contributed by atoms with E-state index in [1.165, 1.54) is 0 Å². The van der Waals surface area contributed by atoms with Gasteiger partial charge in [-0.05, 0) is 62.4 Å². The predicted octanol–water partition coefficient (Wildman–Crippen LogP) is 8.61. The summed E-state index contributed by atoms with van der Waals surface area (Å²) in [5.74, 6) is 0. The highest BCUT2D eigenvalue weighted by Gasteiger charge is 2.35. The lowest BCUT2D eigenvalue weighted by molar-refractivity contribution is 0.577. The molecule has 0 spiro atoms. The zero-order valence-corrected chi connectivity index (χ0v) is 23.2. The Labute approximate surface area is 245 Å². The third-order valence-electron chi connectivity index (χ3n) is 8.08. The van der Waals surface area contributed by atoms with Gasteiger partial charge in [0, 0.05) is 39.4 Å². The topological polar surface area (TPSA) is 90.1 Å². The second-order valence-electron chi connectivity index (χ2n) is 11.0. The van der Waals surface area contributed by atoms with Gasteiger partial charge in [0.2, 0.25) is 5.69 Å². The zero-order valence-electron chi connectivity index (χ0n) is 23.2. The minimum atomic E-state index is -0.847. The van der Waals surface area contributed by atoms with Gasteiger partial charge in [-0.1, -0.05) is 36.4 Å². The minimum Gasteiger partial charge on any atom is -0.456 e. The Balaban J connectivity index is 1.22. The summed E-state index contributed by atoms with van der Waals surface area (Å²) in [6.07, 6.45) is 3.46. The minimum absolute atomic E-state index is 0.395. The summed E-state index contributed by atoms with van der Waals surface area (Å²) in [7, 11) is 0. The van der Waals surface area contributed by atoms with Gasteiger partial charge in [0.15, 0.2) is 0 Å². The fourth-order valence-corrected chi connectivity index (χ4v) is 5.90. The normalized spacial score (nSPS) is 11.9. The number of aromatic nitrogens is 4. The van der Waals surface area contributed by atoms with Gasteiger partial charge in [-0.25, -0.2) is 9.53 Å². The largest absolute Gasteiger partial charge is 0.456 e. The second-order valence-corrected chi connectivity index (χ2v) is 11.0. The van der Waals surface area contributed by atoms with E-state index in [9.17, 15) is 5.26 Å². The molecule has 0 saturated carbocycles. The average Bonchev–Trinajstić information content (AvgIpc) is 3.82. The highest BCUT2D eigenvalue weighted by atomic mass is 16.3. The van der Waals surface area contributed by atoms with Crippen LogP contribution in [0.25, 0.3) is 60.1 Å². The third-order valence-corrected chi connectivity index (χ3v) is 8.08. The number of nitriles is 1. The van der Waals surface area contributed by atoms with Crippen LogP contribution in [0.1, 0.15) is 30.8 Å². The smallest absolute Gasteiger partial charge is 0.228 e. The van der Waals surface area contributed by atoms with Crippen molar-refractivity contribution in [3.63, 3.8) is 0 Å². The van der Waals surface area contributed by atoms with E-state index in [1.807, 2.05) is 98.8 Å². The Morgan fingerprint density at radius 2 is 1.21 bits per heavy atom. The molecule has 0 fully saturated rings. The molecule has 0 aliphatic carbocycles. The molecule has 0 radical (unpaired) electrons. The summed E-state index contributed by atoms with van der Waals surface area (Å²) in [5.41, 5.74) is 5.85. The van der Waals surface area contributed by atoms with Crippen LogP contribution in [0.5, 0.6) is 0 Å². The summed E-state index contributed by atoms with van der Waals surface area (Å²) in [6.45, 7) is 11.8. The molecule has 4 heterocycles. The molecule has 0 atom stereocenters. The Morgan fingerprint density at radius 3 is 1.77 bits per heavy atom.